The second-order valence-corrected chi connectivity index (χ2v) is 5.58. The van der Waals surface area contributed by atoms with E-state index in [1.807, 2.05) is 0 Å². The molecule has 0 saturated heterocycles. The first kappa shape index (κ1) is 16.6. The van der Waals surface area contributed by atoms with E-state index < -0.39 is 11.9 Å². The fourth-order valence-electron chi connectivity index (χ4n) is 2.45. The number of furan rings is 2. The second kappa shape index (κ2) is 7.12. The van der Waals surface area contributed by atoms with Gasteiger partial charge in [0.1, 0.15) is 17.1 Å². The van der Waals surface area contributed by atoms with E-state index in [-0.39, 0.29) is 24.8 Å². The average Bonchev–Trinajstić information content (AvgIpc) is 3.23. The van der Waals surface area contributed by atoms with Crippen molar-refractivity contribution in [2.75, 3.05) is 6.61 Å². The Labute approximate surface area is 143 Å². The lowest BCUT2D eigenvalue weighted by Gasteiger charge is -2.11. The van der Waals surface area contributed by atoms with Crippen LogP contribution in [0.5, 0.6) is 5.75 Å². The number of phenols is 1. The predicted molar refractivity (Wildman–Crippen MR) is 87.8 cm³/mol. The zero-order valence-corrected chi connectivity index (χ0v) is 13.5. The quantitative estimate of drug-likeness (QED) is 0.667. The smallest absolute Gasteiger partial charge is 0.310 e. The van der Waals surface area contributed by atoms with E-state index >= 15 is 0 Å². The lowest BCUT2D eigenvalue weighted by atomic mass is 10.1. The second-order valence-electron chi connectivity index (χ2n) is 5.58. The lowest BCUT2D eigenvalue weighted by molar-refractivity contribution is -0.148. The molecule has 1 amide bonds. The topological polar surface area (TPSA) is 102 Å². The maximum absolute atomic E-state index is 11.9. The van der Waals surface area contributed by atoms with Crippen molar-refractivity contribution in [3.63, 3.8) is 0 Å². The molecule has 0 aliphatic carbocycles. The molecule has 7 heteroatoms. The van der Waals surface area contributed by atoms with Crippen molar-refractivity contribution in [3.8, 4) is 5.75 Å². The van der Waals surface area contributed by atoms with E-state index in [0.717, 1.165) is 0 Å². The number of carbonyl (C=O) groups excluding carboxylic acids is 2. The van der Waals surface area contributed by atoms with Gasteiger partial charge in [0.2, 0.25) is 0 Å². The van der Waals surface area contributed by atoms with Gasteiger partial charge in [-0.1, -0.05) is 0 Å². The van der Waals surface area contributed by atoms with Gasteiger partial charge in [-0.2, -0.15) is 0 Å². The number of benzene rings is 1. The van der Waals surface area contributed by atoms with Crippen LogP contribution in [0.25, 0.3) is 11.0 Å². The Morgan fingerprint density at radius 3 is 2.88 bits per heavy atom. The molecule has 1 atom stereocenters. The summed E-state index contributed by atoms with van der Waals surface area (Å²) in [4.78, 5) is 23.8. The summed E-state index contributed by atoms with van der Waals surface area (Å²) in [6, 6.07) is 7.80. The van der Waals surface area contributed by atoms with Gasteiger partial charge in [-0.25, -0.2) is 0 Å². The summed E-state index contributed by atoms with van der Waals surface area (Å²) in [6.07, 6.45) is 2.93. The van der Waals surface area contributed by atoms with E-state index in [2.05, 4.69) is 5.32 Å². The van der Waals surface area contributed by atoms with Gasteiger partial charge in [-0.3, -0.25) is 9.59 Å². The third-order valence-electron chi connectivity index (χ3n) is 3.69. The largest absolute Gasteiger partial charge is 0.508 e. The molecular formula is C18H17NO6. The Kier molecular flexibility index (Phi) is 4.74. The van der Waals surface area contributed by atoms with Gasteiger partial charge in [0.15, 0.2) is 6.61 Å². The molecular weight excluding hydrogens is 326 g/mol. The first-order valence-corrected chi connectivity index (χ1v) is 7.70. The Morgan fingerprint density at radius 2 is 2.12 bits per heavy atom. The minimum Gasteiger partial charge on any atom is -0.508 e. The summed E-state index contributed by atoms with van der Waals surface area (Å²) >= 11 is 0. The van der Waals surface area contributed by atoms with Crippen LogP contribution in [-0.2, 0) is 20.7 Å². The summed E-state index contributed by atoms with van der Waals surface area (Å²) in [5.74, 6) is -0.262. The van der Waals surface area contributed by atoms with Crippen molar-refractivity contribution >= 4 is 22.8 Å². The number of aromatic hydroxyl groups is 1. The molecule has 0 fully saturated rings. The van der Waals surface area contributed by atoms with Crippen molar-refractivity contribution < 1.29 is 28.3 Å². The average molecular weight is 343 g/mol. The zero-order chi connectivity index (χ0) is 17.8. The molecule has 3 rings (SSSR count). The van der Waals surface area contributed by atoms with Crippen LogP contribution in [0.2, 0.25) is 0 Å². The van der Waals surface area contributed by atoms with Crippen LogP contribution in [0.1, 0.15) is 24.3 Å². The highest BCUT2D eigenvalue weighted by molar-refractivity contribution is 5.87. The Bertz CT molecular complexity index is 880. The van der Waals surface area contributed by atoms with Crippen molar-refractivity contribution in [1.82, 2.24) is 5.32 Å². The monoisotopic (exact) mass is 343 g/mol. The van der Waals surface area contributed by atoms with Crippen LogP contribution >= 0.6 is 0 Å². The number of rotatable bonds is 6. The molecule has 0 aliphatic rings. The highest BCUT2D eigenvalue weighted by Gasteiger charge is 2.15. The van der Waals surface area contributed by atoms with Gasteiger partial charge >= 0.3 is 5.97 Å². The molecule has 130 valence electrons. The lowest BCUT2D eigenvalue weighted by Crippen LogP contribution is -2.31. The number of hydrogen-bond donors (Lipinski definition) is 2. The maximum atomic E-state index is 11.9. The number of carbonyl (C=O) groups is 2. The van der Waals surface area contributed by atoms with Crippen molar-refractivity contribution in [1.29, 1.82) is 0 Å². The minimum absolute atomic E-state index is 0.0290. The molecule has 0 spiro atoms. The molecule has 0 aliphatic heterocycles. The third kappa shape index (κ3) is 4.00. The molecule has 0 radical (unpaired) electrons. The van der Waals surface area contributed by atoms with Gasteiger partial charge in [-0.05, 0) is 31.2 Å². The summed E-state index contributed by atoms with van der Waals surface area (Å²) in [7, 11) is 0. The molecule has 2 aromatic heterocycles. The van der Waals surface area contributed by atoms with Crippen LogP contribution in [0, 0.1) is 0 Å². The number of amides is 1. The summed E-state index contributed by atoms with van der Waals surface area (Å²) in [6.45, 7) is 1.39. The third-order valence-corrected chi connectivity index (χ3v) is 3.69. The van der Waals surface area contributed by atoms with Crippen molar-refractivity contribution in [2.24, 2.45) is 0 Å². The highest BCUT2D eigenvalue weighted by Crippen LogP contribution is 2.25. The highest BCUT2D eigenvalue weighted by atomic mass is 16.5. The normalized spacial score (nSPS) is 12.0. The first-order valence-electron chi connectivity index (χ1n) is 7.70. The molecule has 1 aromatic carbocycles. The van der Waals surface area contributed by atoms with E-state index in [0.29, 0.717) is 22.3 Å². The van der Waals surface area contributed by atoms with Crippen molar-refractivity contribution in [2.45, 2.75) is 19.4 Å². The number of ether oxygens (including phenoxy) is 1. The van der Waals surface area contributed by atoms with Crippen LogP contribution in [-0.4, -0.2) is 23.6 Å². The summed E-state index contributed by atoms with van der Waals surface area (Å²) in [5, 5.41) is 12.8. The predicted octanol–water partition coefficient (Wildman–Crippen LogP) is 2.69. The fourth-order valence-corrected chi connectivity index (χ4v) is 2.45. The summed E-state index contributed by atoms with van der Waals surface area (Å²) in [5.41, 5.74) is 1.11. The van der Waals surface area contributed by atoms with Gasteiger partial charge in [0.05, 0.1) is 25.0 Å². The molecule has 0 unspecified atom stereocenters. The Balaban J connectivity index is 1.51. The molecule has 2 N–H and O–H groups in total. The van der Waals surface area contributed by atoms with Gasteiger partial charge in [0.25, 0.3) is 5.91 Å². The summed E-state index contributed by atoms with van der Waals surface area (Å²) < 4.78 is 15.5. The van der Waals surface area contributed by atoms with Gasteiger partial charge in [0, 0.05) is 17.0 Å². The SMILES string of the molecule is C[C@H](NC(=O)COC(=O)Cc1coc2cc(O)ccc12)c1ccco1. The van der Waals surface area contributed by atoms with Crippen LogP contribution in [0.3, 0.4) is 0 Å². The minimum atomic E-state index is -0.545. The van der Waals surface area contributed by atoms with Crippen LogP contribution < -0.4 is 5.32 Å². The standard InChI is InChI=1S/C18H17NO6/c1-11(15-3-2-6-23-15)19-17(21)10-25-18(22)7-12-9-24-16-8-13(20)4-5-14(12)16/h2-6,8-9,11,20H,7,10H2,1H3,(H,19,21)/t11-/m0/s1. The molecule has 0 bridgehead atoms. The zero-order valence-electron chi connectivity index (χ0n) is 13.5. The number of esters is 1. The van der Waals surface area contributed by atoms with Gasteiger partial charge in [-0.15, -0.1) is 0 Å². The first-order chi connectivity index (χ1) is 12.0. The maximum Gasteiger partial charge on any atom is 0.310 e. The Hall–Kier alpha value is -3.22. The van der Waals surface area contributed by atoms with Gasteiger partial charge < -0.3 is 24.0 Å². The number of nitrogens with one attached hydrogen (secondary N) is 1. The molecule has 3 aromatic rings. The van der Waals surface area contributed by atoms with Crippen molar-refractivity contribution in [3.05, 3.63) is 54.2 Å². The van der Waals surface area contributed by atoms with E-state index in [9.17, 15) is 14.7 Å². The molecule has 0 saturated carbocycles. The van der Waals surface area contributed by atoms with E-state index in [1.165, 1.54) is 24.7 Å². The van der Waals surface area contributed by atoms with E-state index in [4.69, 9.17) is 13.6 Å². The Morgan fingerprint density at radius 1 is 1.28 bits per heavy atom. The van der Waals surface area contributed by atoms with E-state index in [1.54, 1.807) is 25.1 Å². The number of fused-ring (bicyclic) bond motifs is 1. The fraction of sp³-hybridized carbons (Fsp3) is 0.222. The molecule has 7 nitrogen and oxygen atoms in total. The molecule has 2 heterocycles. The van der Waals surface area contributed by atoms with Crippen LogP contribution in [0.4, 0.5) is 0 Å². The number of phenolic OH excluding ortho intramolecular Hbond substituents is 1. The number of hydrogen-bond acceptors (Lipinski definition) is 6. The molecule has 25 heavy (non-hydrogen) atoms. The van der Waals surface area contributed by atoms with Crippen LogP contribution in [0.15, 0.2) is 51.7 Å².